The van der Waals surface area contributed by atoms with Gasteiger partial charge in [0.25, 0.3) is 0 Å². The minimum Gasteiger partial charge on any atom is -0.452 e. The Morgan fingerprint density at radius 3 is 2.92 bits per heavy atom. The van der Waals surface area contributed by atoms with Crippen LogP contribution >= 0.6 is 0 Å². The van der Waals surface area contributed by atoms with Crippen molar-refractivity contribution >= 4 is 12.4 Å². The number of allylic oxidation sites excluding steroid dienone is 2. The predicted octanol–water partition coefficient (Wildman–Crippen LogP) is 1.30. The molecule has 1 aliphatic heterocycles. The molecule has 0 bridgehead atoms. The molecular weight excluding hydrogens is 170 g/mol. The molecule has 0 fully saturated rings. The van der Waals surface area contributed by atoms with Gasteiger partial charge in [-0.25, -0.2) is 4.79 Å². The molecule has 1 rings (SSSR count). The number of amides is 1. The standard InChI is InChI=1S/C9H11NO3/c1-7-3-4-10(9(12)13-2)5-8(7)6-11/h3-7H,1-2H3. The summed E-state index contributed by atoms with van der Waals surface area (Å²) in [5.41, 5.74) is 0.563. The Morgan fingerprint density at radius 2 is 2.38 bits per heavy atom. The Labute approximate surface area is 76.5 Å². The second-order valence-electron chi connectivity index (χ2n) is 2.75. The van der Waals surface area contributed by atoms with Crippen molar-refractivity contribution in [2.24, 2.45) is 5.92 Å². The van der Waals surface area contributed by atoms with Crippen LogP contribution in [0.4, 0.5) is 4.79 Å². The lowest BCUT2D eigenvalue weighted by molar-refractivity contribution is -0.105. The maximum absolute atomic E-state index is 11.0. The van der Waals surface area contributed by atoms with Crippen LogP contribution in [0, 0.1) is 5.92 Å². The monoisotopic (exact) mass is 181 g/mol. The van der Waals surface area contributed by atoms with Crippen LogP contribution in [-0.2, 0) is 9.53 Å². The molecule has 0 N–H and O–H groups in total. The Bertz CT molecular complexity index is 281. The van der Waals surface area contributed by atoms with Gasteiger partial charge in [-0.2, -0.15) is 0 Å². The molecule has 4 nitrogen and oxygen atoms in total. The minimum absolute atomic E-state index is 0.0541. The molecule has 1 aliphatic rings. The third-order valence-electron chi connectivity index (χ3n) is 1.87. The molecule has 13 heavy (non-hydrogen) atoms. The highest BCUT2D eigenvalue weighted by molar-refractivity contribution is 5.78. The summed E-state index contributed by atoms with van der Waals surface area (Å²) in [6.07, 6.45) is 5.07. The van der Waals surface area contributed by atoms with E-state index in [1.807, 2.05) is 6.92 Å². The lowest BCUT2D eigenvalue weighted by Gasteiger charge is -2.19. The molecule has 0 saturated carbocycles. The van der Waals surface area contributed by atoms with Crippen molar-refractivity contribution in [3.05, 3.63) is 24.0 Å². The SMILES string of the molecule is COC(=O)N1C=CC(C)C(C=O)=C1. The van der Waals surface area contributed by atoms with E-state index in [9.17, 15) is 9.59 Å². The fraction of sp³-hybridized carbons (Fsp3) is 0.333. The second kappa shape index (κ2) is 3.89. The van der Waals surface area contributed by atoms with Crippen LogP contribution in [0.15, 0.2) is 24.0 Å². The maximum atomic E-state index is 11.0. The van der Waals surface area contributed by atoms with E-state index < -0.39 is 6.09 Å². The van der Waals surface area contributed by atoms with Gasteiger partial charge in [-0.3, -0.25) is 9.69 Å². The van der Waals surface area contributed by atoms with Gasteiger partial charge >= 0.3 is 6.09 Å². The molecule has 0 radical (unpaired) electrons. The summed E-state index contributed by atoms with van der Waals surface area (Å²) in [6.45, 7) is 1.88. The van der Waals surface area contributed by atoms with Crippen molar-refractivity contribution < 1.29 is 14.3 Å². The second-order valence-corrected chi connectivity index (χ2v) is 2.75. The van der Waals surface area contributed by atoms with E-state index in [0.29, 0.717) is 5.57 Å². The molecular formula is C9H11NO3. The summed E-state index contributed by atoms with van der Waals surface area (Å²) >= 11 is 0. The highest BCUT2D eigenvalue weighted by Gasteiger charge is 2.16. The van der Waals surface area contributed by atoms with Crippen LogP contribution < -0.4 is 0 Å². The lowest BCUT2D eigenvalue weighted by atomic mass is 10.0. The zero-order valence-electron chi connectivity index (χ0n) is 7.56. The van der Waals surface area contributed by atoms with E-state index in [2.05, 4.69) is 4.74 Å². The van der Waals surface area contributed by atoms with Crippen molar-refractivity contribution in [1.29, 1.82) is 0 Å². The van der Waals surface area contributed by atoms with Gasteiger partial charge in [0, 0.05) is 23.9 Å². The van der Waals surface area contributed by atoms with E-state index >= 15 is 0 Å². The first kappa shape index (κ1) is 9.51. The largest absolute Gasteiger partial charge is 0.452 e. The molecule has 70 valence electrons. The molecule has 0 spiro atoms. The van der Waals surface area contributed by atoms with Gasteiger partial charge in [0.15, 0.2) is 0 Å². The Morgan fingerprint density at radius 1 is 1.69 bits per heavy atom. The lowest BCUT2D eigenvalue weighted by Crippen LogP contribution is -2.24. The van der Waals surface area contributed by atoms with Crippen LogP contribution in [0.25, 0.3) is 0 Å². The first-order valence-corrected chi connectivity index (χ1v) is 3.90. The summed E-state index contributed by atoms with van der Waals surface area (Å²) in [4.78, 5) is 22.8. The smallest absolute Gasteiger partial charge is 0.417 e. The number of carbonyl (C=O) groups excluding carboxylic acids is 2. The van der Waals surface area contributed by atoms with Crippen LogP contribution in [0.1, 0.15) is 6.92 Å². The average Bonchev–Trinajstić information content (AvgIpc) is 2.17. The zero-order chi connectivity index (χ0) is 9.84. The predicted molar refractivity (Wildman–Crippen MR) is 46.7 cm³/mol. The number of methoxy groups -OCH3 is 1. The van der Waals surface area contributed by atoms with Crippen LogP contribution in [0.3, 0.4) is 0 Å². The summed E-state index contributed by atoms with van der Waals surface area (Å²) < 4.78 is 4.49. The van der Waals surface area contributed by atoms with E-state index in [4.69, 9.17) is 0 Å². The van der Waals surface area contributed by atoms with Gasteiger partial charge in [0.2, 0.25) is 0 Å². The normalized spacial score (nSPS) is 20.9. The molecule has 0 aromatic rings. The molecule has 0 saturated heterocycles. The Hall–Kier alpha value is -1.58. The first-order chi connectivity index (χ1) is 6.19. The average molecular weight is 181 g/mol. The van der Waals surface area contributed by atoms with Gasteiger partial charge in [0.1, 0.15) is 6.29 Å². The van der Waals surface area contributed by atoms with Gasteiger partial charge < -0.3 is 4.74 Å². The first-order valence-electron chi connectivity index (χ1n) is 3.90. The van der Waals surface area contributed by atoms with Crippen molar-refractivity contribution in [3.63, 3.8) is 0 Å². The van der Waals surface area contributed by atoms with E-state index in [0.717, 1.165) is 6.29 Å². The maximum Gasteiger partial charge on any atom is 0.417 e. The van der Waals surface area contributed by atoms with Crippen LogP contribution in [0.2, 0.25) is 0 Å². The molecule has 1 amide bonds. The van der Waals surface area contributed by atoms with Crippen molar-refractivity contribution in [2.75, 3.05) is 7.11 Å². The molecule has 1 atom stereocenters. The van der Waals surface area contributed by atoms with Crippen molar-refractivity contribution in [1.82, 2.24) is 4.90 Å². The molecule has 0 aliphatic carbocycles. The van der Waals surface area contributed by atoms with Gasteiger partial charge in [-0.05, 0) is 0 Å². The van der Waals surface area contributed by atoms with Crippen molar-refractivity contribution in [2.45, 2.75) is 6.92 Å². The number of carbonyl (C=O) groups is 2. The van der Waals surface area contributed by atoms with E-state index in [-0.39, 0.29) is 5.92 Å². The Balaban J connectivity index is 2.82. The number of rotatable bonds is 1. The molecule has 0 aromatic carbocycles. The summed E-state index contributed by atoms with van der Waals surface area (Å²) in [6, 6.07) is 0. The number of ether oxygens (including phenoxy) is 1. The highest BCUT2D eigenvalue weighted by atomic mass is 16.5. The fourth-order valence-corrected chi connectivity index (χ4v) is 1.01. The molecule has 4 heteroatoms. The van der Waals surface area contributed by atoms with Gasteiger partial charge in [-0.1, -0.05) is 13.0 Å². The Kier molecular flexibility index (Phi) is 2.84. The van der Waals surface area contributed by atoms with E-state index in [1.165, 1.54) is 18.2 Å². The number of hydrogen-bond acceptors (Lipinski definition) is 3. The summed E-state index contributed by atoms with van der Waals surface area (Å²) in [7, 11) is 1.29. The topological polar surface area (TPSA) is 46.6 Å². The van der Waals surface area contributed by atoms with Crippen LogP contribution in [-0.4, -0.2) is 24.4 Å². The fourth-order valence-electron chi connectivity index (χ4n) is 1.01. The quantitative estimate of drug-likeness (QED) is 0.573. The third kappa shape index (κ3) is 1.96. The highest BCUT2D eigenvalue weighted by Crippen LogP contribution is 2.17. The summed E-state index contributed by atoms with van der Waals surface area (Å²) in [5, 5.41) is 0. The number of hydrogen-bond donors (Lipinski definition) is 0. The zero-order valence-corrected chi connectivity index (χ0v) is 7.56. The minimum atomic E-state index is -0.498. The summed E-state index contributed by atoms with van der Waals surface area (Å²) in [5.74, 6) is 0.0541. The molecule has 1 heterocycles. The van der Waals surface area contributed by atoms with Crippen molar-refractivity contribution in [3.8, 4) is 0 Å². The van der Waals surface area contributed by atoms with Gasteiger partial charge in [-0.15, -0.1) is 0 Å². The number of nitrogens with zero attached hydrogens (tertiary/aromatic N) is 1. The molecule has 0 aromatic heterocycles. The van der Waals surface area contributed by atoms with Crippen LogP contribution in [0.5, 0.6) is 0 Å². The number of aldehydes is 1. The third-order valence-corrected chi connectivity index (χ3v) is 1.87. The van der Waals surface area contributed by atoms with E-state index in [1.54, 1.807) is 12.3 Å². The molecule has 1 unspecified atom stereocenters. The van der Waals surface area contributed by atoms with Gasteiger partial charge in [0.05, 0.1) is 7.11 Å².